The molecular weight excluding hydrogens is 242 g/mol. The summed E-state index contributed by atoms with van der Waals surface area (Å²) in [6.07, 6.45) is 3.98. The summed E-state index contributed by atoms with van der Waals surface area (Å²) in [6, 6.07) is 4.33. The van der Waals surface area contributed by atoms with Gasteiger partial charge in [0.05, 0.1) is 5.56 Å². The summed E-state index contributed by atoms with van der Waals surface area (Å²) in [6.45, 7) is 0. The van der Waals surface area contributed by atoms with Crippen molar-refractivity contribution >= 4 is 5.91 Å². The minimum atomic E-state index is -0.271. The van der Waals surface area contributed by atoms with Gasteiger partial charge in [-0.05, 0) is 61.1 Å². The van der Waals surface area contributed by atoms with Crippen LogP contribution < -0.4 is 5.32 Å². The topological polar surface area (TPSA) is 69.6 Å². The summed E-state index contributed by atoms with van der Waals surface area (Å²) < 4.78 is 0. The monoisotopic (exact) mass is 259 g/mol. The van der Waals surface area contributed by atoms with Crippen molar-refractivity contribution in [3.8, 4) is 11.5 Å². The molecule has 4 rings (SSSR count). The Hall–Kier alpha value is -1.71. The smallest absolute Gasteiger partial charge is 0.255 e. The van der Waals surface area contributed by atoms with Crippen LogP contribution in [-0.4, -0.2) is 22.2 Å². The first kappa shape index (κ1) is 11.1. The highest BCUT2D eigenvalue weighted by atomic mass is 16.3. The molecule has 4 unspecified atom stereocenters. The predicted octanol–water partition coefficient (Wildman–Crippen LogP) is 1.87. The molecule has 0 saturated heterocycles. The molecule has 3 saturated carbocycles. The number of carbonyl (C=O) groups excluding carboxylic acids is 1. The zero-order valence-corrected chi connectivity index (χ0v) is 10.5. The molecule has 0 aliphatic heterocycles. The molecule has 4 heteroatoms. The highest BCUT2D eigenvalue weighted by Crippen LogP contribution is 2.65. The second kappa shape index (κ2) is 3.65. The van der Waals surface area contributed by atoms with E-state index in [-0.39, 0.29) is 23.0 Å². The second-order valence-electron chi connectivity index (χ2n) is 6.19. The lowest BCUT2D eigenvalue weighted by molar-refractivity contribution is 0.0941. The van der Waals surface area contributed by atoms with Gasteiger partial charge in [0.1, 0.15) is 11.5 Å². The van der Waals surface area contributed by atoms with E-state index in [2.05, 4.69) is 5.32 Å². The van der Waals surface area contributed by atoms with Crippen LogP contribution in [0.5, 0.6) is 11.5 Å². The van der Waals surface area contributed by atoms with Gasteiger partial charge in [0.2, 0.25) is 0 Å². The summed E-state index contributed by atoms with van der Waals surface area (Å²) in [4.78, 5) is 12.2. The first-order valence-corrected chi connectivity index (χ1v) is 6.98. The number of hydrogen-bond acceptors (Lipinski definition) is 3. The van der Waals surface area contributed by atoms with Crippen LogP contribution >= 0.6 is 0 Å². The molecular formula is C15H17NO3. The number of nitrogens with one attached hydrogen (secondary N) is 1. The molecule has 19 heavy (non-hydrogen) atoms. The first-order chi connectivity index (χ1) is 9.15. The normalized spacial score (nSPS) is 38.0. The predicted molar refractivity (Wildman–Crippen MR) is 68.8 cm³/mol. The van der Waals surface area contributed by atoms with Crippen LogP contribution in [0.4, 0.5) is 0 Å². The van der Waals surface area contributed by atoms with Gasteiger partial charge in [0.25, 0.3) is 5.91 Å². The zero-order chi connectivity index (χ0) is 13.1. The Labute approximate surface area is 111 Å². The second-order valence-corrected chi connectivity index (χ2v) is 6.19. The minimum Gasteiger partial charge on any atom is -0.508 e. The molecule has 3 N–H and O–H groups in total. The molecule has 3 aliphatic rings. The van der Waals surface area contributed by atoms with E-state index in [4.69, 9.17) is 0 Å². The van der Waals surface area contributed by atoms with Gasteiger partial charge in [-0.15, -0.1) is 0 Å². The molecule has 4 atom stereocenters. The van der Waals surface area contributed by atoms with Crippen LogP contribution in [0.25, 0.3) is 0 Å². The van der Waals surface area contributed by atoms with Crippen LogP contribution in [0.15, 0.2) is 18.2 Å². The Bertz CT molecular complexity index is 540. The highest BCUT2D eigenvalue weighted by Gasteiger charge is 2.65. The molecule has 1 aromatic rings. The number of hydrogen-bond donors (Lipinski definition) is 3. The SMILES string of the molecule is O=C(NC1C2C3CCC(C3)C12)c1cc(O)ccc1O. The average Bonchev–Trinajstić information content (AvgIpc) is 2.80. The summed E-state index contributed by atoms with van der Waals surface area (Å²) >= 11 is 0. The number of carbonyl (C=O) groups is 1. The third kappa shape index (κ3) is 1.55. The van der Waals surface area contributed by atoms with Crippen molar-refractivity contribution in [2.75, 3.05) is 0 Å². The van der Waals surface area contributed by atoms with Crippen molar-refractivity contribution in [3.05, 3.63) is 23.8 Å². The van der Waals surface area contributed by atoms with Crippen LogP contribution in [0.2, 0.25) is 0 Å². The van der Waals surface area contributed by atoms with Gasteiger partial charge in [-0.25, -0.2) is 0 Å². The van der Waals surface area contributed by atoms with Crippen molar-refractivity contribution in [1.29, 1.82) is 0 Å². The van der Waals surface area contributed by atoms with Crippen LogP contribution in [-0.2, 0) is 0 Å². The van der Waals surface area contributed by atoms with Crippen molar-refractivity contribution in [2.24, 2.45) is 23.7 Å². The fraction of sp³-hybridized carbons (Fsp3) is 0.533. The molecule has 0 spiro atoms. The molecule has 4 nitrogen and oxygen atoms in total. The third-order valence-corrected chi connectivity index (χ3v) is 5.26. The number of rotatable bonds is 2. The minimum absolute atomic E-state index is 0.000916. The standard InChI is InChI=1S/C15H17NO3/c17-9-3-4-11(18)10(6-9)15(19)16-14-12-7-1-2-8(5-7)13(12)14/h3-4,6-8,12-14,17-18H,1-2,5H2,(H,16,19). The van der Waals surface area contributed by atoms with E-state index in [0.717, 1.165) is 11.8 Å². The lowest BCUT2D eigenvalue weighted by atomic mass is 10.0. The van der Waals surface area contributed by atoms with Gasteiger partial charge in [-0.2, -0.15) is 0 Å². The van der Waals surface area contributed by atoms with E-state index in [9.17, 15) is 15.0 Å². The van der Waals surface area contributed by atoms with Crippen molar-refractivity contribution in [1.82, 2.24) is 5.32 Å². The Morgan fingerprint density at radius 1 is 1.16 bits per heavy atom. The van der Waals surface area contributed by atoms with Crippen molar-refractivity contribution in [3.63, 3.8) is 0 Å². The maximum Gasteiger partial charge on any atom is 0.255 e. The summed E-state index contributed by atoms with van der Waals surface area (Å²) in [5, 5.41) is 22.1. The fourth-order valence-electron chi connectivity index (χ4n) is 4.45. The molecule has 3 fully saturated rings. The van der Waals surface area contributed by atoms with Crippen LogP contribution in [0.1, 0.15) is 29.6 Å². The maximum atomic E-state index is 12.2. The van der Waals surface area contributed by atoms with Gasteiger partial charge >= 0.3 is 0 Å². The van der Waals surface area contributed by atoms with Gasteiger partial charge in [0.15, 0.2) is 0 Å². The van der Waals surface area contributed by atoms with E-state index < -0.39 is 0 Å². The maximum absolute atomic E-state index is 12.2. The molecule has 0 radical (unpaired) electrons. The third-order valence-electron chi connectivity index (χ3n) is 5.26. The fourth-order valence-corrected chi connectivity index (χ4v) is 4.45. The molecule has 2 bridgehead atoms. The van der Waals surface area contributed by atoms with E-state index >= 15 is 0 Å². The summed E-state index contributed by atoms with van der Waals surface area (Å²) in [5.74, 6) is 2.59. The molecule has 3 aliphatic carbocycles. The number of aromatic hydroxyl groups is 2. The number of phenolic OH excluding ortho intramolecular Hbond substituents is 2. The Morgan fingerprint density at radius 2 is 1.84 bits per heavy atom. The lowest BCUT2D eigenvalue weighted by Crippen LogP contribution is -2.29. The summed E-state index contributed by atoms with van der Waals surface area (Å²) in [7, 11) is 0. The Morgan fingerprint density at radius 3 is 2.53 bits per heavy atom. The quantitative estimate of drug-likeness (QED) is 0.710. The van der Waals surface area contributed by atoms with Crippen LogP contribution in [0.3, 0.4) is 0 Å². The number of phenols is 2. The van der Waals surface area contributed by atoms with Crippen LogP contribution in [0, 0.1) is 23.7 Å². The van der Waals surface area contributed by atoms with Gasteiger partial charge in [0, 0.05) is 6.04 Å². The molecule has 1 amide bonds. The largest absolute Gasteiger partial charge is 0.508 e. The Kier molecular flexibility index (Phi) is 2.14. The van der Waals surface area contributed by atoms with Gasteiger partial charge in [-0.3, -0.25) is 4.79 Å². The molecule has 100 valence electrons. The molecule has 1 aromatic carbocycles. The van der Waals surface area contributed by atoms with E-state index in [1.807, 2.05) is 0 Å². The first-order valence-electron chi connectivity index (χ1n) is 6.98. The van der Waals surface area contributed by atoms with E-state index in [1.165, 1.54) is 37.5 Å². The highest BCUT2D eigenvalue weighted by molar-refractivity contribution is 5.97. The number of amides is 1. The summed E-state index contributed by atoms with van der Waals surface area (Å²) in [5.41, 5.74) is 0.164. The number of benzene rings is 1. The van der Waals surface area contributed by atoms with Crippen molar-refractivity contribution < 1.29 is 15.0 Å². The van der Waals surface area contributed by atoms with E-state index in [1.54, 1.807) is 0 Å². The number of fused-ring (bicyclic) bond motifs is 5. The average molecular weight is 259 g/mol. The van der Waals surface area contributed by atoms with Gasteiger partial charge < -0.3 is 15.5 Å². The molecule has 0 aromatic heterocycles. The van der Waals surface area contributed by atoms with Crippen molar-refractivity contribution in [2.45, 2.75) is 25.3 Å². The zero-order valence-electron chi connectivity index (χ0n) is 10.5. The Balaban J connectivity index is 1.50. The van der Waals surface area contributed by atoms with Gasteiger partial charge in [-0.1, -0.05) is 0 Å². The van der Waals surface area contributed by atoms with E-state index in [0.29, 0.717) is 17.9 Å². The lowest BCUT2D eigenvalue weighted by Gasteiger charge is -2.11. The molecule has 0 heterocycles.